The second-order valence-corrected chi connectivity index (χ2v) is 10.5. The van der Waals surface area contributed by atoms with Gasteiger partial charge in [0.25, 0.3) is 5.91 Å². The van der Waals surface area contributed by atoms with Crippen LogP contribution in [0, 0.1) is 18.8 Å². The third kappa shape index (κ3) is 3.27. The number of imide groups is 2. The first-order valence-electron chi connectivity index (χ1n) is 12.1. The molecule has 3 aliphatic rings. The summed E-state index contributed by atoms with van der Waals surface area (Å²) in [6.45, 7) is 3.65. The molecule has 37 heavy (non-hydrogen) atoms. The number of hydrogen-bond donors (Lipinski definition) is 0. The van der Waals surface area contributed by atoms with Gasteiger partial charge in [0.2, 0.25) is 11.8 Å². The quantitative estimate of drug-likeness (QED) is 0.373. The van der Waals surface area contributed by atoms with E-state index < -0.39 is 41.3 Å². The number of halogens is 1. The first kappa shape index (κ1) is 23.4. The number of nitrogens with zero attached hydrogens (tertiary/aromatic N) is 3. The van der Waals surface area contributed by atoms with Gasteiger partial charge in [0.1, 0.15) is 5.54 Å². The van der Waals surface area contributed by atoms with Crippen molar-refractivity contribution < 1.29 is 19.2 Å². The molecule has 3 unspecified atom stereocenters. The second kappa shape index (κ2) is 8.28. The molecule has 7 nitrogen and oxygen atoms in total. The minimum Gasteiger partial charge on any atom is -0.301 e. The lowest BCUT2D eigenvalue weighted by Crippen LogP contribution is -2.51. The van der Waals surface area contributed by atoms with Crippen LogP contribution in [-0.2, 0) is 20.9 Å². The molecule has 0 aromatic heterocycles. The molecule has 3 aromatic carbocycles. The van der Waals surface area contributed by atoms with Gasteiger partial charge in [0.05, 0.1) is 30.1 Å². The van der Waals surface area contributed by atoms with Crippen LogP contribution >= 0.6 is 11.6 Å². The van der Waals surface area contributed by atoms with E-state index in [-0.39, 0.29) is 12.5 Å². The minimum absolute atomic E-state index is 0.113. The maximum absolute atomic E-state index is 14.1. The van der Waals surface area contributed by atoms with Gasteiger partial charge in [-0.2, -0.15) is 0 Å². The molecule has 4 atom stereocenters. The largest absolute Gasteiger partial charge is 0.332 e. The van der Waals surface area contributed by atoms with Crippen LogP contribution in [0.3, 0.4) is 0 Å². The van der Waals surface area contributed by atoms with E-state index in [0.717, 1.165) is 21.6 Å². The zero-order chi connectivity index (χ0) is 26.1. The highest BCUT2D eigenvalue weighted by molar-refractivity contribution is 6.32. The van der Waals surface area contributed by atoms with Gasteiger partial charge < -0.3 is 4.90 Å². The SMILES string of the molecule is Cc1cccc(C2C3C(=O)N(Cc4ccccc4)C(=O)C3[C@]3(C)C(=O)N(c4cccc(Cl)c4)C(=O)N23)c1. The van der Waals surface area contributed by atoms with E-state index in [4.69, 9.17) is 11.6 Å². The molecule has 3 fully saturated rings. The molecular formula is C29H24ClN3O4. The summed E-state index contributed by atoms with van der Waals surface area (Å²) in [5.41, 5.74) is 1.28. The second-order valence-electron chi connectivity index (χ2n) is 10.0. The standard InChI is InChI=1S/C29H24ClN3O4/c1-17-8-6-11-19(14-17)24-22-23(26(35)31(25(22)34)16-18-9-4-3-5-10-18)29(2)27(36)32(28(37)33(24)29)21-13-7-12-20(30)15-21/h3-15,22-24H,16H2,1-2H3/t22?,23?,24?,29-/m1/s1. The van der Waals surface area contributed by atoms with Crippen LogP contribution in [0.4, 0.5) is 10.5 Å². The summed E-state index contributed by atoms with van der Waals surface area (Å²) in [5, 5.41) is 0.379. The van der Waals surface area contributed by atoms with E-state index in [1.165, 1.54) is 9.80 Å². The fourth-order valence-corrected chi connectivity index (χ4v) is 6.39. The highest BCUT2D eigenvalue weighted by Gasteiger charge is 2.75. The van der Waals surface area contributed by atoms with Gasteiger partial charge >= 0.3 is 6.03 Å². The van der Waals surface area contributed by atoms with Crippen LogP contribution in [-0.4, -0.2) is 39.1 Å². The average Bonchev–Trinajstić information content (AvgIpc) is 3.37. The Labute approximate surface area is 219 Å². The van der Waals surface area contributed by atoms with E-state index in [0.29, 0.717) is 10.7 Å². The lowest BCUT2D eigenvalue weighted by atomic mass is 9.79. The van der Waals surface area contributed by atoms with Crippen molar-refractivity contribution >= 4 is 41.0 Å². The predicted molar refractivity (Wildman–Crippen MR) is 137 cm³/mol. The van der Waals surface area contributed by atoms with Gasteiger partial charge in [-0.1, -0.05) is 77.8 Å². The number of likely N-dealkylation sites (tertiary alicyclic amines) is 1. The number of carbonyl (C=O) groups is 4. The number of aryl methyl sites for hydroxylation is 1. The molecule has 0 saturated carbocycles. The molecule has 0 bridgehead atoms. The summed E-state index contributed by atoms with van der Waals surface area (Å²) < 4.78 is 0. The molecule has 8 heteroatoms. The van der Waals surface area contributed by atoms with E-state index in [1.54, 1.807) is 31.2 Å². The van der Waals surface area contributed by atoms with Crippen molar-refractivity contribution in [3.05, 3.63) is 101 Å². The molecule has 0 aliphatic carbocycles. The van der Waals surface area contributed by atoms with Crippen LogP contribution in [0.5, 0.6) is 0 Å². The minimum atomic E-state index is -1.53. The maximum Gasteiger partial charge on any atom is 0.332 e. The van der Waals surface area contributed by atoms with Crippen molar-refractivity contribution in [2.24, 2.45) is 11.8 Å². The monoisotopic (exact) mass is 513 g/mol. The number of amides is 5. The Hall–Kier alpha value is -3.97. The Bertz CT molecular complexity index is 1470. The number of benzene rings is 3. The fraction of sp³-hybridized carbons (Fsp3) is 0.241. The Kier molecular flexibility index (Phi) is 5.24. The summed E-state index contributed by atoms with van der Waals surface area (Å²) >= 11 is 6.18. The van der Waals surface area contributed by atoms with Crippen LogP contribution in [0.25, 0.3) is 0 Å². The zero-order valence-electron chi connectivity index (χ0n) is 20.3. The molecule has 3 aromatic rings. The van der Waals surface area contributed by atoms with Crippen molar-refractivity contribution in [2.75, 3.05) is 4.90 Å². The number of hydrogen-bond acceptors (Lipinski definition) is 4. The van der Waals surface area contributed by atoms with Crippen molar-refractivity contribution in [1.29, 1.82) is 0 Å². The van der Waals surface area contributed by atoms with Gasteiger partial charge in [-0.25, -0.2) is 9.69 Å². The molecule has 3 saturated heterocycles. The predicted octanol–water partition coefficient (Wildman–Crippen LogP) is 4.73. The molecular weight excluding hydrogens is 490 g/mol. The van der Waals surface area contributed by atoms with Gasteiger partial charge in [0, 0.05) is 5.02 Å². The first-order valence-corrected chi connectivity index (χ1v) is 12.5. The molecule has 186 valence electrons. The van der Waals surface area contributed by atoms with Gasteiger partial charge in [-0.15, -0.1) is 0 Å². The van der Waals surface area contributed by atoms with Gasteiger partial charge in [-0.05, 0) is 43.2 Å². The van der Waals surface area contributed by atoms with Crippen molar-refractivity contribution in [3.63, 3.8) is 0 Å². The van der Waals surface area contributed by atoms with Crippen LogP contribution < -0.4 is 4.90 Å². The molecule has 6 rings (SSSR count). The summed E-state index contributed by atoms with van der Waals surface area (Å²) in [4.78, 5) is 59.6. The van der Waals surface area contributed by atoms with Crippen molar-refractivity contribution in [2.45, 2.75) is 32.0 Å². The highest BCUT2D eigenvalue weighted by Crippen LogP contribution is 2.58. The molecule has 0 N–H and O–H groups in total. The molecule has 3 heterocycles. The van der Waals surface area contributed by atoms with Crippen molar-refractivity contribution in [1.82, 2.24) is 9.80 Å². The summed E-state index contributed by atoms with van der Waals surface area (Å²) in [6.07, 6.45) is 0. The third-order valence-corrected chi connectivity index (χ3v) is 8.07. The van der Waals surface area contributed by atoms with E-state index in [1.807, 2.05) is 61.5 Å². The molecule has 0 radical (unpaired) electrons. The molecule has 3 aliphatic heterocycles. The van der Waals surface area contributed by atoms with E-state index in [2.05, 4.69) is 0 Å². The topological polar surface area (TPSA) is 78.0 Å². The highest BCUT2D eigenvalue weighted by atomic mass is 35.5. The maximum atomic E-state index is 14.1. The van der Waals surface area contributed by atoms with Crippen LogP contribution in [0.1, 0.15) is 29.7 Å². The van der Waals surface area contributed by atoms with Crippen LogP contribution in [0.15, 0.2) is 78.9 Å². The molecule has 5 amide bonds. The van der Waals surface area contributed by atoms with Crippen molar-refractivity contribution in [3.8, 4) is 0 Å². The number of rotatable bonds is 4. The average molecular weight is 514 g/mol. The Balaban J connectivity index is 1.50. The lowest BCUT2D eigenvalue weighted by Gasteiger charge is -2.32. The van der Waals surface area contributed by atoms with Gasteiger partial charge in [-0.3, -0.25) is 19.3 Å². The summed E-state index contributed by atoms with van der Waals surface area (Å²) in [5.74, 6) is -3.20. The van der Waals surface area contributed by atoms with Gasteiger partial charge in [0.15, 0.2) is 0 Å². The number of urea groups is 1. The Morgan fingerprint density at radius 1 is 0.865 bits per heavy atom. The number of anilines is 1. The fourth-order valence-electron chi connectivity index (χ4n) is 6.21. The summed E-state index contributed by atoms with van der Waals surface area (Å²) in [7, 11) is 0. The van der Waals surface area contributed by atoms with E-state index >= 15 is 0 Å². The van der Waals surface area contributed by atoms with E-state index in [9.17, 15) is 19.2 Å². The Morgan fingerprint density at radius 2 is 1.59 bits per heavy atom. The number of carbonyl (C=O) groups excluding carboxylic acids is 4. The Morgan fingerprint density at radius 3 is 2.30 bits per heavy atom. The first-order chi connectivity index (χ1) is 17.7. The third-order valence-electron chi connectivity index (χ3n) is 7.83. The normalized spacial score (nSPS) is 26.8. The smallest absolute Gasteiger partial charge is 0.301 e. The van der Waals surface area contributed by atoms with Crippen LogP contribution in [0.2, 0.25) is 5.02 Å². The lowest BCUT2D eigenvalue weighted by molar-refractivity contribution is -0.144. The molecule has 0 spiro atoms. The zero-order valence-corrected chi connectivity index (χ0v) is 21.1. The number of fused-ring (bicyclic) bond motifs is 3. The summed E-state index contributed by atoms with van der Waals surface area (Å²) in [6, 6.07) is 22.0.